The van der Waals surface area contributed by atoms with Crippen molar-refractivity contribution < 1.29 is 9.59 Å². The van der Waals surface area contributed by atoms with Gasteiger partial charge in [0.1, 0.15) is 6.04 Å². The maximum atomic E-state index is 12.4. The summed E-state index contributed by atoms with van der Waals surface area (Å²) in [7, 11) is 0. The van der Waals surface area contributed by atoms with Gasteiger partial charge in [0.15, 0.2) is 0 Å². The molecule has 0 spiro atoms. The second-order valence-electron chi connectivity index (χ2n) is 7.06. The van der Waals surface area contributed by atoms with Crippen LogP contribution in [0.1, 0.15) is 49.9 Å². The Balaban J connectivity index is 1.61. The minimum Gasteiger partial charge on any atom is -0.358 e. The minimum atomic E-state index is -0.0811. The first kappa shape index (κ1) is 18.7. The van der Waals surface area contributed by atoms with Crippen molar-refractivity contribution in [1.82, 2.24) is 10.2 Å². The summed E-state index contributed by atoms with van der Waals surface area (Å²) in [5, 5.41) is 5.97. The number of hydrogen-bond acceptors (Lipinski definition) is 4. The SMILES string of the molecule is CCN(CC)CCCNC(=O)c1ccc2c(c1)NC(=O)C1CCCCN21. The molecule has 1 unspecified atom stereocenters. The fourth-order valence-electron chi connectivity index (χ4n) is 3.88. The van der Waals surface area contributed by atoms with Crippen molar-refractivity contribution in [3.05, 3.63) is 23.8 Å². The van der Waals surface area contributed by atoms with Gasteiger partial charge < -0.3 is 20.4 Å². The van der Waals surface area contributed by atoms with Crippen molar-refractivity contribution in [3.8, 4) is 0 Å². The van der Waals surface area contributed by atoms with Crippen LogP contribution in [0.5, 0.6) is 0 Å². The highest BCUT2D eigenvalue weighted by atomic mass is 16.2. The fraction of sp³-hybridized carbons (Fsp3) is 0.600. The van der Waals surface area contributed by atoms with E-state index in [1.165, 1.54) is 0 Å². The first-order chi connectivity index (χ1) is 12.6. The number of nitrogens with zero attached hydrogens (tertiary/aromatic N) is 2. The van der Waals surface area contributed by atoms with Crippen molar-refractivity contribution in [3.63, 3.8) is 0 Å². The van der Waals surface area contributed by atoms with Crippen molar-refractivity contribution in [2.75, 3.05) is 42.9 Å². The zero-order valence-corrected chi connectivity index (χ0v) is 15.9. The Morgan fingerprint density at radius 2 is 2.12 bits per heavy atom. The molecule has 1 aromatic carbocycles. The molecule has 2 aliphatic heterocycles. The highest BCUT2D eigenvalue weighted by molar-refractivity contribution is 6.05. The number of anilines is 2. The van der Waals surface area contributed by atoms with Crippen LogP contribution in [0.15, 0.2) is 18.2 Å². The molecule has 2 amide bonds. The third-order valence-corrected chi connectivity index (χ3v) is 5.46. The van der Waals surface area contributed by atoms with Crippen molar-refractivity contribution in [1.29, 1.82) is 0 Å². The molecule has 0 radical (unpaired) electrons. The van der Waals surface area contributed by atoms with E-state index in [0.717, 1.165) is 63.2 Å². The Morgan fingerprint density at radius 3 is 2.88 bits per heavy atom. The fourth-order valence-corrected chi connectivity index (χ4v) is 3.88. The molecule has 0 saturated carbocycles. The summed E-state index contributed by atoms with van der Waals surface area (Å²) in [6.45, 7) is 8.92. The summed E-state index contributed by atoms with van der Waals surface area (Å²) in [6, 6.07) is 5.58. The van der Waals surface area contributed by atoms with Crippen LogP contribution in [0.3, 0.4) is 0 Å². The lowest BCUT2D eigenvalue weighted by Gasteiger charge is -2.41. The van der Waals surface area contributed by atoms with E-state index in [9.17, 15) is 9.59 Å². The van der Waals surface area contributed by atoms with E-state index < -0.39 is 0 Å². The van der Waals surface area contributed by atoms with E-state index in [1.54, 1.807) is 6.07 Å². The van der Waals surface area contributed by atoms with Gasteiger partial charge in [-0.2, -0.15) is 0 Å². The number of carbonyl (C=O) groups excluding carboxylic acids is 2. The molecule has 142 valence electrons. The molecule has 6 heteroatoms. The molecule has 1 saturated heterocycles. The lowest BCUT2D eigenvalue weighted by molar-refractivity contribution is -0.118. The van der Waals surface area contributed by atoms with Crippen LogP contribution in [0.4, 0.5) is 11.4 Å². The number of carbonyl (C=O) groups is 2. The van der Waals surface area contributed by atoms with Gasteiger partial charge in [0.25, 0.3) is 5.91 Å². The van der Waals surface area contributed by atoms with Gasteiger partial charge in [-0.05, 0) is 63.5 Å². The van der Waals surface area contributed by atoms with Gasteiger partial charge in [0.2, 0.25) is 5.91 Å². The first-order valence-electron chi connectivity index (χ1n) is 9.86. The third kappa shape index (κ3) is 4.01. The predicted molar refractivity (Wildman–Crippen MR) is 105 cm³/mol. The summed E-state index contributed by atoms with van der Waals surface area (Å²) in [6.07, 6.45) is 4.04. The summed E-state index contributed by atoms with van der Waals surface area (Å²) >= 11 is 0. The quantitative estimate of drug-likeness (QED) is 0.735. The van der Waals surface area contributed by atoms with Crippen LogP contribution >= 0.6 is 0 Å². The van der Waals surface area contributed by atoms with Crippen LogP contribution in [0, 0.1) is 0 Å². The molecule has 0 aromatic heterocycles. The van der Waals surface area contributed by atoms with Gasteiger partial charge in [0.05, 0.1) is 11.4 Å². The molecule has 2 aliphatic rings. The van der Waals surface area contributed by atoms with Crippen molar-refractivity contribution >= 4 is 23.2 Å². The number of benzene rings is 1. The van der Waals surface area contributed by atoms with E-state index >= 15 is 0 Å². The smallest absolute Gasteiger partial charge is 0.251 e. The molecule has 0 aliphatic carbocycles. The lowest BCUT2D eigenvalue weighted by atomic mass is 9.97. The van der Waals surface area contributed by atoms with Crippen LogP contribution in [0.2, 0.25) is 0 Å². The maximum absolute atomic E-state index is 12.4. The molecule has 1 aromatic rings. The Kier molecular flexibility index (Phi) is 6.14. The number of amides is 2. The lowest BCUT2D eigenvalue weighted by Crippen LogP contribution is -2.50. The highest BCUT2D eigenvalue weighted by Gasteiger charge is 2.34. The second kappa shape index (κ2) is 8.54. The average molecular weight is 358 g/mol. The van der Waals surface area contributed by atoms with E-state index in [1.807, 2.05) is 12.1 Å². The van der Waals surface area contributed by atoms with E-state index in [-0.39, 0.29) is 17.9 Å². The Bertz CT molecular complexity index is 657. The molecule has 1 atom stereocenters. The van der Waals surface area contributed by atoms with Crippen molar-refractivity contribution in [2.24, 2.45) is 0 Å². The first-order valence-corrected chi connectivity index (χ1v) is 9.86. The minimum absolute atomic E-state index is 0.0500. The summed E-state index contributed by atoms with van der Waals surface area (Å²) in [5.41, 5.74) is 2.39. The molecule has 2 N–H and O–H groups in total. The molecule has 6 nitrogen and oxygen atoms in total. The summed E-state index contributed by atoms with van der Waals surface area (Å²) in [5.74, 6) is -0.0312. The number of fused-ring (bicyclic) bond motifs is 3. The van der Waals surface area contributed by atoms with Crippen LogP contribution in [0.25, 0.3) is 0 Å². The van der Waals surface area contributed by atoms with Crippen molar-refractivity contribution in [2.45, 2.75) is 45.6 Å². The average Bonchev–Trinajstić information content (AvgIpc) is 2.68. The standard InChI is InChI=1S/C20H30N4O2/c1-3-23(4-2)12-7-11-21-19(25)15-9-10-17-16(14-15)22-20(26)18-8-5-6-13-24(17)18/h9-10,14,18H,3-8,11-13H2,1-2H3,(H,21,25)(H,22,26). The number of piperidine rings is 1. The molecule has 2 heterocycles. The Labute approximate surface area is 155 Å². The van der Waals surface area contributed by atoms with Gasteiger partial charge in [-0.3, -0.25) is 9.59 Å². The van der Waals surface area contributed by atoms with Gasteiger partial charge in [-0.1, -0.05) is 13.8 Å². The zero-order valence-electron chi connectivity index (χ0n) is 15.9. The third-order valence-electron chi connectivity index (χ3n) is 5.46. The van der Waals surface area contributed by atoms with Crippen LogP contribution < -0.4 is 15.5 Å². The Hall–Kier alpha value is -2.08. The highest BCUT2D eigenvalue weighted by Crippen LogP contribution is 2.36. The van der Waals surface area contributed by atoms with E-state index in [4.69, 9.17) is 0 Å². The monoisotopic (exact) mass is 358 g/mol. The predicted octanol–water partition coefficient (Wildman–Crippen LogP) is 2.46. The molecular formula is C20H30N4O2. The largest absolute Gasteiger partial charge is 0.358 e. The summed E-state index contributed by atoms with van der Waals surface area (Å²) in [4.78, 5) is 29.3. The number of nitrogens with one attached hydrogen (secondary N) is 2. The van der Waals surface area contributed by atoms with Crippen LogP contribution in [-0.2, 0) is 4.79 Å². The molecule has 1 fully saturated rings. The molecule has 3 rings (SSSR count). The van der Waals surface area contributed by atoms with Gasteiger partial charge in [0, 0.05) is 18.7 Å². The maximum Gasteiger partial charge on any atom is 0.251 e. The number of hydrogen-bond donors (Lipinski definition) is 2. The van der Waals surface area contributed by atoms with Gasteiger partial charge in [-0.25, -0.2) is 0 Å². The Morgan fingerprint density at radius 1 is 1.31 bits per heavy atom. The zero-order chi connectivity index (χ0) is 18.5. The normalized spacial score (nSPS) is 19.0. The number of rotatable bonds is 7. The molecular weight excluding hydrogens is 328 g/mol. The topological polar surface area (TPSA) is 64.7 Å². The van der Waals surface area contributed by atoms with Gasteiger partial charge in [-0.15, -0.1) is 0 Å². The van der Waals surface area contributed by atoms with Crippen LogP contribution in [-0.4, -0.2) is 55.5 Å². The van der Waals surface area contributed by atoms with E-state index in [2.05, 4.69) is 34.3 Å². The second-order valence-corrected chi connectivity index (χ2v) is 7.06. The summed E-state index contributed by atoms with van der Waals surface area (Å²) < 4.78 is 0. The van der Waals surface area contributed by atoms with E-state index in [0.29, 0.717) is 12.1 Å². The molecule has 26 heavy (non-hydrogen) atoms. The molecule has 0 bridgehead atoms. The van der Waals surface area contributed by atoms with Gasteiger partial charge >= 0.3 is 0 Å².